The van der Waals surface area contributed by atoms with Crippen molar-refractivity contribution < 1.29 is 23.1 Å². The van der Waals surface area contributed by atoms with Gasteiger partial charge in [0.1, 0.15) is 0 Å². The van der Waals surface area contributed by atoms with Crippen molar-refractivity contribution in [3.05, 3.63) is 29.3 Å². The lowest BCUT2D eigenvalue weighted by atomic mass is 10.1. The maximum Gasteiger partial charge on any atom is 0.389 e. The molecule has 1 rings (SSSR count). The fourth-order valence-electron chi connectivity index (χ4n) is 1.66. The Kier molecular flexibility index (Phi) is 5.20. The Morgan fingerprint density at radius 2 is 2.00 bits per heavy atom. The summed E-state index contributed by atoms with van der Waals surface area (Å²) < 4.78 is 35.8. The first-order valence-corrected chi connectivity index (χ1v) is 5.94. The van der Waals surface area contributed by atoms with Crippen molar-refractivity contribution in [2.24, 2.45) is 0 Å². The van der Waals surface area contributed by atoms with Gasteiger partial charge in [0, 0.05) is 18.7 Å². The highest BCUT2D eigenvalue weighted by atomic mass is 19.4. The zero-order valence-electron chi connectivity index (χ0n) is 10.5. The quantitative estimate of drug-likeness (QED) is 0.775. The molecule has 6 heteroatoms. The van der Waals surface area contributed by atoms with Crippen molar-refractivity contribution in [1.82, 2.24) is 0 Å². The first-order valence-electron chi connectivity index (χ1n) is 5.94. The van der Waals surface area contributed by atoms with Crippen LogP contribution in [0.4, 0.5) is 18.9 Å². The summed E-state index contributed by atoms with van der Waals surface area (Å²) in [6, 6.07) is 4.91. The van der Waals surface area contributed by atoms with E-state index in [4.69, 9.17) is 5.11 Å². The van der Waals surface area contributed by atoms with Crippen LogP contribution in [0.3, 0.4) is 0 Å². The van der Waals surface area contributed by atoms with Crippen LogP contribution in [0.25, 0.3) is 0 Å². The Morgan fingerprint density at radius 3 is 2.58 bits per heavy atom. The van der Waals surface area contributed by atoms with Gasteiger partial charge in [0.2, 0.25) is 0 Å². The lowest BCUT2D eigenvalue weighted by Crippen LogP contribution is -2.10. The van der Waals surface area contributed by atoms with Crippen LogP contribution in [0.2, 0.25) is 0 Å². The van der Waals surface area contributed by atoms with Crippen LogP contribution >= 0.6 is 0 Å². The maximum atomic E-state index is 11.9. The number of hydrogen-bond acceptors (Lipinski definition) is 2. The Bertz CT molecular complexity index is 444. The molecule has 1 aromatic rings. The minimum atomic E-state index is -4.13. The molecule has 3 nitrogen and oxygen atoms in total. The third-order valence-electron chi connectivity index (χ3n) is 2.61. The second kappa shape index (κ2) is 6.45. The van der Waals surface area contributed by atoms with Crippen LogP contribution in [-0.2, 0) is 0 Å². The number of carbonyl (C=O) groups is 1. The number of carboxylic acids is 1. The predicted molar refractivity (Wildman–Crippen MR) is 66.5 cm³/mol. The van der Waals surface area contributed by atoms with Gasteiger partial charge >= 0.3 is 12.1 Å². The Balaban J connectivity index is 2.47. The standard InChI is InChI=1S/C13H16F3NO2/c1-9-4-5-11(10(8-9)12(18)19)17-7-3-2-6-13(14,15)16/h4-5,8,17H,2-3,6-7H2,1H3,(H,18,19). The fraction of sp³-hybridized carbons (Fsp3) is 0.462. The third-order valence-corrected chi connectivity index (χ3v) is 2.61. The fourth-order valence-corrected chi connectivity index (χ4v) is 1.66. The van der Waals surface area contributed by atoms with Gasteiger partial charge in [0.15, 0.2) is 0 Å². The number of carboxylic acid groups (broad SMARTS) is 1. The number of anilines is 1. The van der Waals surface area contributed by atoms with E-state index in [9.17, 15) is 18.0 Å². The normalized spacial score (nSPS) is 11.4. The molecule has 2 N–H and O–H groups in total. The van der Waals surface area contributed by atoms with Gasteiger partial charge in [-0.25, -0.2) is 4.79 Å². The summed E-state index contributed by atoms with van der Waals surface area (Å²) in [6.45, 7) is 2.10. The van der Waals surface area contributed by atoms with Crippen LogP contribution < -0.4 is 5.32 Å². The van der Waals surface area contributed by atoms with E-state index in [2.05, 4.69) is 5.32 Å². The molecule has 0 aliphatic rings. The number of benzene rings is 1. The lowest BCUT2D eigenvalue weighted by Gasteiger charge is -2.11. The molecule has 0 spiro atoms. The smallest absolute Gasteiger partial charge is 0.389 e. The van der Waals surface area contributed by atoms with Gasteiger partial charge in [-0.05, 0) is 31.9 Å². The number of alkyl halides is 3. The van der Waals surface area contributed by atoms with Gasteiger partial charge in [-0.15, -0.1) is 0 Å². The average molecular weight is 275 g/mol. The molecule has 0 aliphatic carbocycles. The van der Waals surface area contributed by atoms with Crippen molar-refractivity contribution in [2.45, 2.75) is 32.4 Å². The zero-order valence-corrected chi connectivity index (χ0v) is 10.5. The molecule has 0 unspecified atom stereocenters. The molecule has 0 amide bonds. The molecule has 0 aliphatic heterocycles. The second-order valence-corrected chi connectivity index (χ2v) is 4.35. The van der Waals surface area contributed by atoms with Crippen molar-refractivity contribution in [3.63, 3.8) is 0 Å². The van der Waals surface area contributed by atoms with Crippen molar-refractivity contribution in [1.29, 1.82) is 0 Å². The molecule has 0 bridgehead atoms. The molecular weight excluding hydrogens is 259 g/mol. The number of hydrogen-bond donors (Lipinski definition) is 2. The summed E-state index contributed by atoms with van der Waals surface area (Å²) in [5, 5.41) is 11.9. The number of nitrogens with one attached hydrogen (secondary N) is 1. The molecule has 0 atom stereocenters. The molecule has 0 saturated heterocycles. The van der Waals surface area contributed by atoms with E-state index in [0.717, 1.165) is 5.56 Å². The van der Waals surface area contributed by atoms with Crippen LogP contribution in [0.15, 0.2) is 18.2 Å². The van der Waals surface area contributed by atoms with E-state index in [-0.39, 0.29) is 12.0 Å². The monoisotopic (exact) mass is 275 g/mol. The number of aromatic carboxylic acids is 1. The largest absolute Gasteiger partial charge is 0.478 e. The second-order valence-electron chi connectivity index (χ2n) is 4.35. The highest BCUT2D eigenvalue weighted by molar-refractivity contribution is 5.94. The van der Waals surface area contributed by atoms with Gasteiger partial charge in [-0.1, -0.05) is 11.6 Å². The molecule has 19 heavy (non-hydrogen) atoms. The maximum absolute atomic E-state index is 11.9. The molecule has 0 heterocycles. The highest BCUT2D eigenvalue weighted by Crippen LogP contribution is 2.22. The highest BCUT2D eigenvalue weighted by Gasteiger charge is 2.25. The third kappa shape index (κ3) is 5.63. The SMILES string of the molecule is Cc1ccc(NCCCCC(F)(F)F)c(C(=O)O)c1. The number of aryl methyl sites for hydroxylation is 1. The number of unbranched alkanes of at least 4 members (excludes halogenated alkanes) is 1. The Morgan fingerprint density at radius 1 is 1.32 bits per heavy atom. The molecule has 0 aromatic heterocycles. The predicted octanol–water partition coefficient (Wildman–Crippen LogP) is 3.84. The summed E-state index contributed by atoms with van der Waals surface area (Å²) in [6.07, 6.45) is -4.57. The first kappa shape index (κ1) is 15.3. The first-order chi connectivity index (χ1) is 8.79. The van der Waals surface area contributed by atoms with Crippen molar-refractivity contribution in [2.75, 3.05) is 11.9 Å². The topological polar surface area (TPSA) is 49.3 Å². The van der Waals surface area contributed by atoms with Gasteiger partial charge in [0.05, 0.1) is 5.56 Å². The van der Waals surface area contributed by atoms with Gasteiger partial charge in [0.25, 0.3) is 0 Å². The molecule has 0 saturated carbocycles. The minimum absolute atomic E-state index is 0.0325. The van der Waals surface area contributed by atoms with Crippen molar-refractivity contribution >= 4 is 11.7 Å². The minimum Gasteiger partial charge on any atom is -0.478 e. The molecule has 106 valence electrons. The van der Waals surface area contributed by atoms with Crippen LogP contribution in [0, 0.1) is 6.92 Å². The summed E-state index contributed by atoms with van der Waals surface area (Å²) in [4.78, 5) is 11.0. The van der Waals surface area contributed by atoms with E-state index in [1.807, 2.05) is 0 Å². The van der Waals surface area contributed by atoms with E-state index in [0.29, 0.717) is 18.7 Å². The molecule has 1 aromatic carbocycles. The van der Waals surface area contributed by atoms with Gasteiger partial charge < -0.3 is 10.4 Å². The summed E-state index contributed by atoms with van der Waals surface area (Å²) in [5.74, 6) is -1.05. The van der Waals surface area contributed by atoms with Crippen LogP contribution in [-0.4, -0.2) is 23.8 Å². The molecular formula is C13H16F3NO2. The number of rotatable bonds is 6. The molecule has 0 radical (unpaired) electrons. The van der Waals surface area contributed by atoms with E-state index in [1.165, 1.54) is 6.07 Å². The van der Waals surface area contributed by atoms with Crippen LogP contribution in [0.5, 0.6) is 0 Å². The molecule has 0 fully saturated rings. The Hall–Kier alpha value is -1.72. The number of halogens is 3. The Labute approximate surface area is 109 Å². The van der Waals surface area contributed by atoms with Crippen molar-refractivity contribution in [3.8, 4) is 0 Å². The van der Waals surface area contributed by atoms with Gasteiger partial charge in [-0.2, -0.15) is 13.2 Å². The van der Waals surface area contributed by atoms with E-state index < -0.39 is 18.6 Å². The van der Waals surface area contributed by atoms with E-state index >= 15 is 0 Å². The van der Waals surface area contributed by atoms with Gasteiger partial charge in [-0.3, -0.25) is 0 Å². The summed E-state index contributed by atoms with van der Waals surface area (Å²) in [7, 11) is 0. The summed E-state index contributed by atoms with van der Waals surface area (Å²) in [5.41, 5.74) is 1.39. The summed E-state index contributed by atoms with van der Waals surface area (Å²) >= 11 is 0. The lowest BCUT2D eigenvalue weighted by molar-refractivity contribution is -0.135. The zero-order chi connectivity index (χ0) is 14.5. The van der Waals surface area contributed by atoms with E-state index in [1.54, 1.807) is 19.1 Å². The average Bonchev–Trinajstić information content (AvgIpc) is 2.28. The van der Waals surface area contributed by atoms with Crippen LogP contribution in [0.1, 0.15) is 35.2 Å².